The lowest BCUT2D eigenvalue weighted by Gasteiger charge is -2.22. The van der Waals surface area contributed by atoms with Crippen LogP contribution in [0.1, 0.15) is 31.9 Å². The first-order chi connectivity index (χ1) is 17.1. The van der Waals surface area contributed by atoms with Crippen LogP contribution >= 0.6 is 0 Å². The molecule has 0 radical (unpaired) electrons. The molecule has 0 saturated carbocycles. The Hall–Kier alpha value is -3.58. The van der Waals surface area contributed by atoms with E-state index in [0.717, 1.165) is 28.1 Å². The van der Waals surface area contributed by atoms with Crippen LogP contribution in [0.25, 0.3) is 5.57 Å². The largest absolute Gasteiger partial charge is 0.496 e. The monoisotopic (exact) mass is 506 g/mol. The first-order valence-corrected chi connectivity index (χ1v) is 13.2. The van der Waals surface area contributed by atoms with E-state index in [-0.39, 0.29) is 9.79 Å². The Balaban J connectivity index is 1.88. The van der Waals surface area contributed by atoms with Gasteiger partial charge in [0.25, 0.3) is 0 Å². The Morgan fingerprint density at radius 3 is 2.03 bits per heavy atom. The van der Waals surface area contributed by atoms with Crippen molar-refractivity contribution in [2.75, 3.05) is 27.9 Å². The summed E-state index contributed by atoms with van der Waals surface area (Å²) in [4.78, 5) is 0.539. The second-order valence-corrected chi connectivity index (χ2v) is 11.0. The van der Waals surface area contributed by atoms with Crippen LogP contribution in [0, 0.1) is 0 Å². The van der Waals surface area contributed by atoms with Gasteiger partial charge in [-0.1, -0.05) is 24.8 Å². The standard InChI is InChI=1S/C29H32NO5S/c1-8-30-24-15-14-22(36(31,32)21-12-10-9-11-13-21)18-23(24)29(3,4)28(30)19(2)27-25(34-6)16-20(33-5)17-26(27)35-7/h9-18H,2,8H2,1,3-7H3/q+1. The highest BCUT2D eigenvalue weighted by Crippen LogP contribution is 2.47. The van der Waals surface area contributed by atoms with Gasteiger partial charge >= 0.3 is 0 Å². The third-order valence-electron chi connectivity index (χ3n) is 6.78. The van der Waals surface area contributed by atoms with Crippen LogP contribution in [0.5, 0.6) is 17.2 Å². The second-order valence-electron chi connectivity index (χ2n) is 9.10. The third-order valence-corrected chi connectivity index (χ3v) is 8.54. The van der Waals surface area contributed by atoms with E-state index in [1.54, 1.807) is 75.9 Å². The fraction of sp³-hybridized carbons (Fsp3) is 0.276. The van der Waals surface area contributed by atoms with Crippen LogP contribution in [0.3, 0.4) is 0 Å². The molecule has 0 atom stereocenters. The molecule has 36 heavy (non-hydrogen) atoms. The molecule has 1 aliphatic heterocycles. The molecule has 3 aromatic rings. The van der Waals surface area contributed by atoms with Crippen molar-refractivity contribution >= 4 is 26.8 Å². The van der Waals surface area contributed by atoms with E-state index < -0.39 is 15.3 Å². The topological polar surface area (TPSA) is 64.8 Å². The fourth-order valence-corrected chi connectivity index (χ4v) is 6.34. The molecule has 1 heterocycles. The summed E-state index contributed by atoms with van der Waals surface area (Å²) in [5, 5.41) is 0. The van der Waals surface area contributed by atoms with Crippen molar-refractivity contribution in [3.05, 3.63) is 78.4 Å². The molecular formula is C29H32NO5S+. The fourth-order valence-electron chi connectivity index (χ4n) is 5.03. The Bertz CT molecular complexity index is 1450. The van der Waals surface area contributed by atoms with Gasteiger partial charge in [0, 0.05) is 23.8 Å². The van der Waals surface area contributed by atoms with Gasteiger partial charge in [0.05, 0.1) is 47.7 Å². The maximum atomic E-state index is 13.4. The number of sulfone groups is 1. The quantitative estimate of drug-likeness (QED) is 0.369. The van der Waals surface area contributed by atoms with Crippen molar-refractivity contribution in [3.8, 4) is 17.2 Å². The summed E-state index contributed by atoms with van der Waals surface area (Å²) < 4.78 is 45.8. The van der Waals surface area contributed by atoms with Gasteiger partial charge in [-0.05, 0) is 45.0 Å². The van der Waals surface area contributed by atoms with Crippen LogP contribution in [0.15, 0.2) is 77.0 Å². The van der Waals surface area contributed by atoms with Crippen molar-refractivity contribution in [1.29, 1.82) is 0 Å². The number of rotatable bonds is 8. The molecule has 188 valence electrons. The van der Waals surface area contributed by atoms with Gasteiger partial charge in [0.15, 0.2) is 5.71 Å². The Kier molecular flexibility index (Phi) is 6.71. The summed E-state index contributed by atoms with van der Waals surface area (Å²) in [6.07, 6.45) is 0. The molecule has 0 bridgehead atoms. The van der Waals surface area contributed by atoms with Crippen molar-refractivity contribution in [2.24, 2.45) is 0 Å². The highest BCUT2D eigenvalue weighted by atomic mass is 32.2. The lowest BCUT2D eigenvalue weighted by molar-refractivity contribution is -0.432. The molecule has 4 rings (SSSR count). The van der Waals surface area contributed by atoms with Gasteiger partial charge in [-0.25, -0.2) is 8.42 Å². The molecular weight excluding hydrogens is 474 g/mol. The Morgan fingerprint density at radius 1 is 0.889 bits per heavy atom. The van der Waals surface area contributed by atoms with Gasteiger partial charge < -0.3 is 14.2 Å². The number of nitrogens with zero attached hydrogens (tertiary/aromatic N) is 1. The molecule has 6 nitrogen and oxygen atoms in total. The molecule has 0 N–H and O–H groups in total. The molecule has 0 aliphatic carbocycles. The minimum atomic E-state index is -3.66. The third kappa shape index (κ3) is 3.97. The predicted molar refractivity (Wildman–Crippen MR) is 142 cm³/mol. The number of benzene rings is 3. The molecule has 0 saturated heterocycles. The van der Waals surface area contributed by atoms with Crippen LogP contribution in [0.4, 0.5) is 5.69 Å². The Morgan fingerprint density at radius 2 is 1.50 bits per heavy atom. The number of methoxy groups -OCH3 is 3. The molecule has 0 amide bonds. The summed E-state index contributed by atoms with van der Waals surface area (Å²) >= 11 is 0. The van der Waals surface area contributed by atoms with Gasteiger partial charge in [0.2, 0.25) is 15.5 Å². The van der Waals surface area contributed by atoms with E-state index in [9.17, 15) is 8.42 Å². The van der Waals surface area contributed by atoms with Gasteiger partial charge in [-0.2, -0.15) is 4.58 Å². The number of fused-ring (bicyclic) bond motifs is 1. The first kappa shape index (κ1) is 25.5. The zero-order valence-electron chi connectivity index (χ0n) is 21.6. The summed E-state index contributed by atoms with van der Waals surface area (Å²) in [6, 6.07) is 17.5. The molecule has 7 heteroatoms. The molecule has 3 aromatic carbocycles. The lowest BCUT2D eigenvalue weighted by atomic mass is 9.77. The van der Waals surface area contributed by atoms with Crippen LogP contribution in [-0.4, -0.2) is 46.6 Å². The highest BCUT2D eigenvalue weighted by Gasteiger charge is 2.48. The van der Waals surface area contributed by atoms with Gasteiger partial charge in [-0.3, -0.25) is 0 Å². The summed E-state index contributed by atoms with van der Waals surface area (Å²) in [5.74, 6) is 1.78. The van der Waals surface area contributed by atoms with E-state index >= 15 is 0 Å². The summed E-state index contributed by atoms with van der Waals surface area (Å²) in [5.41, 5.74) is 3.76. The van der Waals surface area contributed by atoms with E-state index in [4.69, 9.17) is 14.2 Å². The first-order valence-electron chi connectivity index (χ1n) is 11.7. The van der Waals surface area contributed by atoms with E-state index in [1.807, 2.05) is 6.07 Å². The second kappa shape index (κ2) is 9.47. The molecule has 0 spiro atoms. The normalized spacial score (nSPS) is 14.4. The van der Waals surface area contributed by atoms with Crippen molar-refractivity contribution in [1.82, 2.24) is 0 Å². The number of allylic oxidation sites excluding steroid dienone is 1. The number of ether oxygens (including phenoxy) is 3. The average Bonchev–Trinajstić information content (AvgIpc) is 3.13. The Labute approximate surface area is 213 Å². The zero-order valence-corrected chi connectivity index (χ0v) is 22.4. The molecule has 1 aliphatic rings. The average molecular weight is 507 g/mol. The van der Waals surface area contributed by atoms with Crippen molar-refractivity contribution < 1.29 is 27.2 Å². The maximum absolute atomic E-state index is 13.4. The zero-order chi connectivity index (χ0) is 26.3. The van der Waals surface area contributed by atoms with Gasteiger partial charge in [0.1, 0.15) is 23.8 Å². The summed E-state index contributed by atoms with van der Waals surface area (Å²) in [6.45, 7) is 11.4. The molecule has 0 aromatic heterocycles. The van der Waals surface area contributed by atoms with E-state index in [1.165, 1.54) is 0 Å². The van der Waals surface area contributed by atoms with Crippen LogP contribution in [-0.2, 0) is 15.3 Å². The smallest absolute Gasteiger partial charge is 0.209 e. The predicted octanol–water partition coefficient (Wildman–Crippen LogP) is 5.65. The van der Waals surface area contributed by atoms with E-state index in [0.29, 0.717) is 23.8 Å². The number of hydrogen-bond donors (Lipinski definition) is 0. The molecule has 0 unspecified atom stereocenters. The minimum absolute atomic E-state index is 0.267. The maximum Gasteiger partial charge on any atom is 0.209 e. The number of hydrogen-bond acceptors (Lipinski definition) is 5. The lowest BCUT2D eigenvalue weighted by Crippen LogP contribution is -2.30. The van der Waals surface area contributed by atoms with Crippen LogP contribution in [0.2, 0.25) is 0 Å². The molecule has 0 fully saturated rings. The van der Waals surface area contributed by atoms with E-state index in [2.05, 4.69) is 31.9 Å². The minimum Gasteiger partial charge on any atom is -0.496 e. The van der Waals surface area contributed by atoms with Crippen molar-refractivity contribution in [2.45, 2.75) is 36.0 Å². The highest BCUT2D eigenvalue weighted by molar-refractivity contribution is 7.91. The van der Waals surface area contributed by atoms with Gasteiger partial charge in [-0.15, -0.1) is 0 Å². The SMILES string of the molecule is C=C(C1=[N+](CC)c2ccc(S(=O)(=O)c3ccccc3)cc2C1(C)C)c1c(OC)cc(OC)cc1OC. The summed E-state index contributed by atoms with van der Waals surface area (Å²) in [7, 11) is 1.13. The van der Waals surface area contributed by atoms with Crippen LogP contribution < -0.4 is 14.2 Å². The van der Waals surface area contributed by atoms with Crippen molar-refractivity contribution in [3.63, 3.8) is 0 Å².